The summed E-state index contributed by atoms with van der Waals surface area (Å²) in [7, 11) is 1.44. The molecule has 0 atom stereocenters. The van der Waals surface area contributed by atoms with Crippen molar-refractivity contribution in [2.75, 3.05) is 7.11 Å². The Morgan fingerprint density at radius 3 is 2.72 bits per heavy atom. The topological polar surface area (TPSA) is 72.6 Å². The van der Waals surface area contributed by atoms with E-state index in [1.807, 2.05) is 13.8 Å². The number of benzene rings is 1. The summed E-state index contributed by atoms with van der Waals surface area (Å²) in [6.45, 7) is 3.85. The summed E-state index contributed by atoms with van der Waals surface area (Å²) in [5.41, 5.74) is 0.787. The van der Waals surface area contributed by atoms with Crippen molar-refractivity contribution in [1.29, 1.82) is 0 Å². The molecule has 1 aromatic carbocycles. The second-order valence-corrected chi connectivity index (χ2v) is 4.42. The number of rotatable bonds is 5. The van der Waals surface area contributed by atoms with Gasteiger partial charge in [0.15, 0.2) is 11.5 Å². The fourth-order valence-corrected chi connectivity index (χ4v) is 1.58. The van der Waals surface area contributed by atoms with Crippen LogP contribution < -0.4 is 4.74 Å². The summed E-state index contributed by atoms with van der Waals surface area (Å²) in [5.74, 6) is 0.526. The van der Waals surface area contributed by atoms with Gasteiger partial charge in [0.1, 0.15) is 0 Å². The molecule has 0 saturated heterocycles. The van der Waals surface area contributed by atoms with Gasteiger partial charge in [-0.1, -0.05) is 19.9 Å². The highest BCUT2D eigenvalue weighted by Gasteiger charge is 2.13. The second kappa shape index (κ2) is 6.05. The number of phenolic OH excluding ortho intramolecular Hbond substituents is 1. The van der Waals surface area contributed by atoms with Gasteiger partial charge in [0.05, 0.1) is 12.0 Å². The number of allylic oxidation sites excluding steroid dienone is 1. The number of phenols is 1. The first-order chi connectivity index (χ1) is 8.43. The van der Waals surface area contributed by atoms with Crippen molar-refractivity contribution < 1.29 is 14.8 Å². The standard InChI is InChI=1S/C13H17NO4/c1-9(2)6-11(14(16)17)7-10-4-5-12(15)13(8-10)18-3/h4-5,7-9,15H,6H2,1-3H3. The number of methoxy groups -OCH3 is 1. The van der Waals surface area contributed by atoms with Crippen LogP contribution in [0.15, 0.2) is 23.9 Å². The molecule has 1 N–H and O–H groups in total. The van der Waals surface area contributed by atoms with E-state index < -0.39 is 0 Å². The van der Waals surface area contributed by atoms with Gasteiger partial charge < -0.3 is 9.84 Å². The van der Waals surface area contributed by atoms with E-state index in [0.717, 1.165) is 0 Å². The zero-order valence-corrected chi connectivity index (χ0v) is 10.7. The van der Waals surface area contributed by atoms with E-state index in [1.54, 1.807) is 12.1 Å². The third kappa shape index (κ3) is 3.76. The van der Waals surface area contributed by atoms with Crippen LogP contribution in [0, 0.1) is 16.0 Å². The Morgan fingerprint density at radius 1 is 1.56 bits per heavy atom. The van der Waals surface area contributed by atoms with E-state index in [2.05, 4.69) is 0 Å². The predicted molar refractivity (Wildman–Crippen MR) is 69.1 cm³/mol. The van der Waals surface area contributed by atoms with E-state index in [1.165, 1.54) is 19.3 Å². The summed E-state index contributed by atoms with van der Waals surface area (Å²) < 4.78 is 4.96. The molecule has 0 amide bonds. The fourth-order valence-electron chi connectivity index (χ4n) is 1.58. The molecule has 0 unspecified atom stereocenters. The Balaban J connectivity index is 3.08. The molecular formula is C13H17NO4. The van der Waals surface area contributed by atoms with Gasteiger partial charge in [-0.2, -0.15) is 0 Å². The predicted octanol–water partition coefficient (Wildman–Crippen LogP) is 3.06. The lowest BCUT2D eigenvalue weighted by Gasteiger charge is -2.05. The summed E-state index contributed by atoms with van der Waals surface area (Å²) in [5, 5.41) is 20.4. The number of nitro groups is 1. The first-order valence-electron chi connectivity index (χ1n) is 5.66. The van der Waals surface area contributed by atoms with Crippen molar-refractivity contribution in [3.63, 3.8) is 0 Å². The Bertz CT molecular complexity index is 466. The smallest absolute Gasteiger partial charge is 0.247 e. The van der Waals surface area contributed by atoms with Crippen LogP contribution in [-0.4, -0.2) is 17.1 Å². The lowest BCUT2D eigenvalue weighted by Crippen LogP contribution is -2.02. The quantitative estimate of drug-likeness (QED) is 0.644. The molecule has 0 aliphatic rings. The third-order valence-corrected chi connectivity index (χ3v) is 2.39. The molecule has 0 bridgehead atoms. The zero-order chi connectivity index (χ0) is 13.7. The van der Waals surface area contributed by atoms with Crippen LogP contribution in [0.5, 0.6) is 11.5 Å². The normalized spacial score (nSPS) is 11.7. The molecule has 0 saturated carbocycles. The molecule has 0 aromatic heterocycles. The molecule has 0 aliphatic heterocycles. The van der Waals surface area contributed by atoms with Gasteiger partial charge in [-0.25, -0.2) is 0 Å². The highest BCUT2D eigenvalue weighted by molar-refractivity contribution is 5.56. The van der Waals surface area contributed by atoms with Crippen molar-refractivity contribution in [2.24, 2.45) is 5.92 Å². The molecule has 0 spiro atoms. The molecule has 5 heteroatoms. The van der Waals surface area contributed by atoms with Crippen molar-refractivity contribution in [3.8, 4) is 11.5 Å². The van der Waals surface area contributed by atoms with Gasteiger partial charge in [-0.05, 0) is 23.6 Å². The molecule has 18 heavy (non-hydrogen) atoms. The van der Waals surface area contributed by atoms with Gasteiger partial charge in [-0.3, -0.25) is 10.1 Å². The maximum Gasteiger partial charge on any atom is 0.247 e. The van der Waals surface area contributed by atoms with Crippen molar-refractivity contribution in [1.82, 2.24) is 0 Å². The highest BCUT2D eigenvalue weighted by Crippen LogP contribution is 2.27. The Morgan fingerprint density at radius 2 is 2.22 bits per heavy atom. The van der Waals surface area contributed by atoms with E-state index in [9.17, 15) is 15.2 Å². The maximum absolute atomic E-state index is 10.9. The third-order valence-electron chi connectivity index (χ3n) is 2.39. The Hall–Kier alpha value is -2.04. The van der Waals surface area contributed by atoms with Crippen LogP contribution in [0.25, 0.3) is 6.08 Å². The van der Waals surface area contributed by atoms with Crippen LogP contribution in [-0.2, 0) is 0 Å². The molecular weight excluding hydrogens is 234 g/mol. The monoisotopic (exact) mass is 251 g/mol. The molecule has 0 fully saturated rings. The zero-order valence-electron chi connectivity index (χ0n) is 10.7. The van der Waals surface area contributed by atoms with Crippen LogP contribution in [0.3, 0.4) is 0 Å². The number of ether oxygens (including phenoxy) is 1. The van der Waals surface area contributed by atoms with Crippen molar-refractivity contribution in [2.45, 2.75) is 20.3 Å². The summed E-state index contributed by atoms with van der Waals surface area (Å²) in [4.78, 5) is 10.5. The fraction of sp³-hybridized carbons (Fsp3) is 0.385. The molecule has 0 radical (unpaired) electrons. The minimum Gasteiger partial charge on any atom is -0.504 e. The minimum atomic E-state index is -0.376. The Kier molecular flexibility index (Phi) is 4.71. The van der Waals surface area contributed by atoms with E-state index in [0.29, 0.717) is 17.7 Å². The number of hydrogen-bond acceptors (Lipinski definition) is 4. The SMILES string of the molecule is COc1cc(C=C(CC(C)C)[N+](=O)[O-])ccc1O. The average molecular weight is 251 g/mol. The number of nitrogens with zero attached hydrogens (tertiary/aromatic N) is 1. The van der Waals surface area contributed by atoms with Crippen molar-refractivity contribution >= 4 is 6.08 Å². The second-order valence-electron chi connectivity index (χ2n) is 4.42. The molecule has 98 valence electrons. The van der Waals surface area contributed by atoms with Crippen LogP contribution in [0.2, 0.25) is 0 Å². The van der Waals surface area contributed by atoms with Crippen LogP contribution in [0.4, 0.5) is 0 Å². The van der Waals surface area contributed by atoms with Gasteiger partial charge in [0.25, 0.3) is 0 Å². The Labute approximate surface area is 106 Å². The number of aromatic hydroxyl groups is 1. The number of hydrogen-bond donors (Lipinski definition) is 1. The molecule has 1 rings (SSSR count). The molecule has 1 aromatic rings. The molecule has 0 aliphatic carbocycles. The van der Waals surface area contributed by atoms with Gasteiger partial charge in [0.2, 0.25) is 5.70 Å². The van der Waals surface area contributed by atoms with Crippen molar-refractivity contribution in [3.05, 3.63) is 39.6 Å². The van der Waals surface area contributed by atoms with E-state index in [4.69, 9.17) is 4.74 Å². The van der Waals surface area contributed by atoms with E-state index in [-0.39, 0.29) is 22.3 Å². The summed E-state index contributed by atoms with van der Waals surface area (Å²) in [6, 6.07) is 4.64. The molecule has 5 nitrogen and oxygen atoms in total. The van der Waals surface area contributed by atoms with Gasteiger partial charge in [0, 0.05) is 12.5 Å². The summed E-state index contributed by atoms with van der Waals surface area (Å²) >= 11 is 0. The van der Waals surface area contributed by atoms with Gasteiger partial charge >= 0.3 is 0 Å². The largest absolute Gasteiger partial charge is 0.504 e. The maximum atomic E-state index is 10.9. The lowest BCUT2D eigenvalue weighted by molar-refractivity contribution is -0.427. The van der Waals surface area contributed by atoms with Crippen LogP contribution in [0.1, 0.15) is 25.8 Å². The first-order valence-corrected chi connectivity index (χ1v) is 5.66. The highest BCUT2D eigenvalue weighted by atomic mass is 16.6. The average Bonchev–Trinajstić information content (AvgIpc) is 2.29. The minimum absolute atomic E-state index is 0.0150. The molecule has 0 heterocycles. The van der Waals surface area contributed by atoms with Gasteiger partial charge in [-0.15, -0.1) is 0 Å². The van der Waals surface area contributed by atoms with E-state index >= 15 is 0 Å². The summed E-state index contributed by atoms with van der Waals surface area (Å²) in [6.07, 6.45) is 1.90. The first kappa shape index (κ1) is 14.0. The van der Waals surface area contributed by atoms with Crippen LogP contribution >= 0.6 is 0 Å². The lowest BCUT2D eigenvalue weighted by atomic mass is 10.1.